The third-order valence-electron chi connectivity index (χ3n) is 5.46. The van der Waals surface area contributed by atoms with Gasteiger partial charge in [0.1, 0.15) is 18.0 Å². The summed E-state index contributed by atoms with van der Waals surface area (Å²) in [6, 6.07) is 22.6. The lowest BCUT2D eigenvalue weighted by molar-refractivity contribution is -0.116. The highest BCUT2D eigenvalue weighted by Crippen LogP contribution is 2.32. The molecule has 0 saturated heterocycles. The van der Waals surface area contributed by atoms with Gasteiger partial charge in [-0.2, -0.15) is 0 Å². The Hall–Kier alpha value is -4.59. The summed E-state index contributed by atoms with van der Waals surface area (Å²) < 4.78 is 18.5. The van der Waals surface area contributed by atoms with E-state index in [-0.39, 0.29) is 12.5 Å². The second kappa shape index (κ2) is 9.11. The minimum absolute atomic E-state index is 0.0839. The third kappa shape index (κ3) is 4.09. The van der Waals surface area contributed by atoms with Gasteiger partial charge < -0.3 is 23.8 Å². The number of methoxy groups -OCH3 is 2. The number of carbonyl (C=O) groups is 1. The van der Waals surface area contributed by atoms with Gasteiger partial charge in [-0.25, -0.2) is 0 Å². The van der Waals surface area contributed by atoms with E-state index in [4.69, 9.17) is 13.9 Å². The Morgan fingerprint density at radius 3 is 2.50 bits per heavy atom. The first-order valence-corrected chi connectivity index (χ1v) is 10.7. The van der Waals surface area contributed by atoms with Crippen molar-refractivity contribution >= 4 is 22.5 Å². The van der Waals surface area contributed by atoms with Crippen LogP contribution >= 0.6 is 0 Å². The predicted octanol–water partition coefficient (Wildman–Crippen LogP) is 5.01. The second-order valence-corrected chi connectivity index (χ2v) is 7.58. The zero-order chi connectivity index (χ0) is 23.5. The van der Waals surface area contributed by atoms with E-state index in [1.54, 1.807) is 32.4 Å². The summed E-state index contributed by atoms with van der Waals surface area (Å²) in [6.45, 7) is 0.0839. The monoisotopic (exact) mass is 454 g/mol. The SMILES string of the molecule is COc1ccc(OC)c(NC(=O)Cn2cc(-c3nnc(-c4ccccc4)o3)c3ccccc32)c1. The molecule has 1 amide bonds. The van der Waals surface area contributed by atoms with Crippen LogP contribution in [-0.2, 0) is 11.3 Å². The Morgan fingerprint density at radius 1 is 0.941 bits per heavy atom. The number of anilines is 1. The lowest BCUT2D eigenvalue weighted by atomic mass is 10.2. The summed E-state index contributed by atoms with van der Waals surface area (Å²) >= 11 is 0. The van der Waals surface area contributed by atoms with Crippen molar-refractivity contribution in [2.75, 3.05) is 19.5 Å². The number of carbonyl (C=O) groups excluding carboxylic acids is 1. The first-order valence-electron chi connectivity index (χ1n) is 10.7. The van der Waals surface area contributed by atoms with Crippen molar-refractivity contribution in [3.05, 3.63) is 79.0 Å². The van der Waals surface area contributed by atoms with E-state index in [9.17, 15) is 4.79 Å². The molecule has 1 N–H and O–H groups in total. The zero-order valence-corrected chi connectivity index (χ0v) is 18.7. The van der Waals surface area contributed by atoms with Gasteiger partial charge in [-0.15, -0.1) is 10.2 Å². The Labute approximate surface area is 195 Å². The summed E-state index contributed by atoms with van der Waals surface area (Å²) in [4.78, 5) is 12.9. The summed E-state index contributed by atoms with van der Waals surface area (Å²) in [5, 5.41) is 12.3. The van der Waals surface area contributed by atoms with Crippen molar-refractivity contribution in [1.29, 1.82) is 0 Å². The van der Waals surface area contributed by atoms with Crippen molar-refractivity contribution in [3.8, 4) is 34.4 Å². The average Bonchev–Trinajstić information content (AvgIpc) is 3.50. The Kier molecular flexibility index (Phi) is 5.70. The number of hydrogen-bond donors (Lipinski definition) is 1. The number of nitrogens with zero attached hydrogens (tertiary/aromatic N) is 3. The fourth-order valence-corrected chi connectivity index (χ4v) is 3.83. The Morgan fingerprint density at radius 2 is 1.71 bits per heavy atom. The van der Waals surface area contributed by atoms with E-state index in [0.717, 1.165) is 22.0 Å². The molecule has 34 heavy (non-hydrogen) atoms. The minimum atomic E-state index is -0.214. The maximum Gasteiger partial charge on any atom is 0.250 e. The molecule has 8 nitrogen and oxygen atoms in total. The Bertz CT molecular complexity index is 1460. The lowest BCUT2D eigenvalue weighted by Gasteiger charge is -2.12. The quantitative estimate of drug-likeness (QED) is 0.372. The van der Waals surface area contributed by atoms with Gasteiger partial charge in [0.15, 0.2) is 0 Å². The Balaban J connectivity index is 1.45. The van der Waals surface area contributed by atoms with Crippen LogP contribution < -0.4 is 14.8 Å². The molecule has 0 unspecified atom stereocenters. The van der Waals surface area contributed by atoms with Crippen molar-refractivity contribution in [2.45, 2.75) is 6.54 Å². The smallest absolute Gasteiger partial charge is 0.250 e. The molecule has 2 heterocycles. The van der Waals surface area contributed by atoms with E-state index in [1.807, 2.05) is 65.4 Å². The third-order valence-corrected chi connectivity index (χ3v) is 5.46. The molecule has 5 aromatic rings. The molecule has 0 aliphatic carbocycles. The van der Waals surface area contributed by atoms with Crippen molar-refractivity contribution in [3.63, 3.8) is 0 Å². The van der Waals surface area contributed by atoms with Crippen LogP contribution in [0.1, 0.15) is 0 Å². The van der Waals surface area contributed by atoms with Crippen molar-refractivity contribution < 1.29 is 18.7 Å². The van der Waals surface area contributed by atoms with Crippen LogP contribution in [0.3, 0.4) is 0 Å². The molecule has 0 atom stereocenters. The molecule has 0 aliphatic rings. The van der Waals surface area contributed by atoms with Crippen molar-refractivity contribution in [1.82, 2.24) is 14.8 Å². The van der Waals surface area contributed by atoms with Gasteiger partial charge in [0.25, 0.3) is 0 Å². The molecular weight excluding hydrogens is 432 g/mol. The number of hydrogen-bond acceptors (Lipinski definition) is 6. The van der Waals surface area contributed by atoms with Crippen LogP contribution in [0.4, 0.5) is 5.69 Å². The number of aromatic nitrogens is 3. The number of rotatable bonds is 7. The molecule has 3 aromatic carbocycles. The molecule has 2 aromatic heterocycles. The van der Waals surface area contributed by atoms with Crippen LogP contribution in [0.25, 0.3) is 33.8 Å². The largest absolute Gasteiger partial charge is 0.497 e. The zero-order valence-electron chi connectivity index (χ0n) is 18.7. The summed E-state index contributed by atoms with van der Waals surface area (Å²) in [5.41, 5.74) is 3.02. The van der Waals surface area contributed by atoms with Crippen molar-refractivity contribution in [2.24, 2.45) is 0 Å². The second-order valence-electron chi connectivity index (χ2n) is 7.58. The van der Waals surface area contributed by atoms with Gasteiger partial charge in [0.05, 0.1) is 25.5 Å². The van der Waals surface area contributed by atoms with E-state index in [0.29, 0.717) is 29.0 Å². The van der Waals surface area contributed by atoms with Crippen LogP contribution in [0, 0.1) is 0 Å². The number of amides is 1. The normalized spacial score (nSPS) is 10.9. The van der Waals surface area contributed by atoms with Gasteiger partial charge in [-0.05, 0) is 30.3 Å². The number of ether oxygens (including phenoxy) is 2. The minimum Gasteiger partial charge on any atom is -0.497 e. The van der Waals surface area contributed by atoms with Gasteiger partial charge in [-0.1, -0.05) is 36.4 Å². The summed E-state index contributed by atoms with van der Waals surface area (Å²) in [6.07, 6.45) is 1.86. The van der Waals surface area contributed by atoms with Gasteiger partial charge in [-0.3, -0.25) is 4.79 Å². The topological polar surface area (TPSA) is 91.4 Å². The molecule has 8 heteroatoms. The van der Waals surface area contributed by atoms with E-state index in [1.165, 1.54) is 0 Å². The average molecular weight is 454 g/mol. The number of nitrogens with one attached hydrogen (secondary N) is 1. The number of benzene rings is 3. The molecule has 0 saturated carbocycles. The van der Waals surface area contributed by atoms with Gasteiger partial charge in [0, 0.05) is 28.7 Å². The molecule has 0 bridgehead atoms. The molecule has 5 rings (SSSR count). The van der Waals surface area contributed by atoms with E-state index >= 15 is 0 Å². The molecule has 0 aliphatic heterocycles. The lowest BCUT2D eigenvalue weighted by Crippen LogP contribution is -2.18. The highest BCUT2D eigenvalue weighted by atomic mass is 16.5. The van der Waals surface area contributed by atoms with E-state index in [2.05, 4.69) is 15.5 Å². The highest BCUT2D eigenvalue weighted by Gasteiger charge is 2.18. The fraction of sp³-hybridized carbons (Fsp3) is 0.115. The maximum absolute atomic E-state index is 12.9. The van der Waals surface area contributed by atoms with Crippen LogP contribution in [-0.4, -0.2) is 34.9 Å². The standard InChI is InChI=1S/C26H22N4O4/c1-32-18-12-13-23(33-2)21(14-18)27-24(31)16-30-15-20(19-10-6-7-11-22(19)30)26-29-28-25(34-26)17-8-4-3-5-9-17/h3-15H,16H2,1-2H3,(H,27,31). The summed E-state index contributed by atoms with van der Waals surface area (Å²) in [7, 11) is 3.12. The molecular formula is C26H22N4O4. The van der Waals surface area contributed by atoms with Crippen LogP contribution in [0.2, 0.25) is 0 Å². The molecule has 170 valence electrons. The van der Waals surface area contributed by atoms with Crippen LogP contribution in [0.5, 0.6) is 11.5 Å². The molecule has 0 radical (unpaired) electrons. The van der Waals surface area contributed by atoms with Crippen LogP contribution in [0.15, 0.2) is 83.4 Å². The number of para-hydroxylation sites is 1. The van der Waals surface area contributed by atoms with Gasteiger partial charge >= 0.3 is 0 Å². The molecule has 0 fully saturated rings. The summed E-state index contributed by atoms with van der Waals surface area (Å²) in [5.74, 6) is 1.79. The van der Waals surface area contributed by atoms with Gasteiger partial charge in [0.2, 0.25) is 17.7 Å². The van der Waals surface area contributed by atoms with E-state index < -0.39 is 0 Å². The number of fused-ring (bicyclic) bond motifs is 1. The first kappa shape index (κ1) is 21.3. The predicted molar refractivity (Wildman–Crippen MR) is 129 cm³/mol. The fourth-order valence-electron chi connectivity index (χ4n) is 3.83. The maximum atomic E-state index is 12.9. The highest BCUT2D eigenvalue weighted by molar-refractivity contribution is 5.97. The molecule has 0 spiro atoms. The first-order chi connectivity index (χ1) is 16.7.